The minimum absolute atomic E-state index is 0.0174. The van der Waals surface area contributed by atoms with Crippen LogP contribution in [0.3, 0.4) is 0 Å². The summed E-state index contributed by atoms with van der Waals surface area (Å²) in [6.07, 6.45) is 2.83. The van der Waals surface area contributed by atoms with E-state index < -0.39 is 0 Å². The molecule has 0 radical (unpaired) electrons. The van der Waals surface area contributed by atoms with Crippen molar-refractivity contribution in [1.82, 2.24) is 9.80 Å². The highest BCUT2D eigenvalue weighted by Crippen LogP contribution is 2.38. The molecule has 156 valence electrons. The summed E-state index contributed by atoms with van der Waals surface area (Å²) in [5.74, 6) is -0.316. The number of rotatable bonds is 7. The number of halogens is 1. The lowest BCUT2D eigenvalue weighted by Crippen LogP contribution is -2.49. The maximum atomic E-state index is 13.5. The van der Waals surface area contributed by atoms with Crippen LogP contribution in [0.1, 0.15) is 62.1 Å². The summed E-state index contributed by atoms with van der Waals surface area (Å²) < 4.78 is 13.5. The highest BCUT2D eigenvalue weighted by molar-refractivity contribution is 7.10. The van der Waals surface area contributed by atoms with Crippen LogP contribution in [0.15, 0.2) is 35.7 Å². The third kappa shape index (κ3) is 4.69. The molecular formula is C23H29FN2O2S. The quantitative estimate of drug-likeness (QED) is 0.651. The predicted molar refractivity (Wildman–Crippen MR) is 114 cm³/mol. The van der Waals surface area contributed by atoms with Gasteiger partial charge in [0.1, 0.15) is 12.4 Å². The summed E-state index contributed by atoms with van der Waals surface area (Å²) in [5, 5.41) is 2.05. The number of fused-ring (bicyclic) bond motifs is 1. The van der Waals surface area contributed by atoms with Crippen molar-refractivity contribution >= 4 is 23.2 Å². The van der Waals surface area contributed by atoms with Crippen LogP contribution in [0.4, 0.5) is 4.39 Å². The van der Waals surface area contributed by atoms with Gasteiger partial charge >= 0.3 is 0 Å². The lowest BCUT2D eigenvalue weighted by atomic mass is 9.93. The maximum Gasteiger partial charge on any atom is 0.243 e. The first-order valence-electron chi connectivity index (χ1n) is 10.4. The zero-order chi connectivity index (χ0) is 21.0. The van der Waals surface area contributed by atoms with E-state index in [9.17, 15) is 14.0 Å². The molecular weight excluding hydrogens is 387 g/mol. The largest absolute Gasteiger partial charge is 0.331 e. The molecule has 2 heterocycles. The first-order chi connectivity index (χ1) is 14.0. The van der Waals surface area contributed by atoms with E-state index in [-0.39, 0.29) is 36.3 Å². The molecule has 1 aliphatic heterocycles. The molecule has 1 aromatic heterocycles. The molecule has 2 atom stereocenters. The van der Waals surface area contributed by atoms with Gasteiger partial charge in [-0.1, -0.05) is 26.0 Å². The van der Waals surface area contributed by atoms with Gasteiger partial charge in [0.05, 0.1) is 6.04 Å². The van der Waals surface area contributed by atoms with Crippen molar-refractivity contribution in [2.75, 3.05) is 13.1 Å². The third-order valence-corrected chi connectivity index (χ3v) is 6.68. The second-order valence-corrected chi connectivity index (χ2v) is 8.62. The van der Waals surface area contributed by atoms with Crippen LogP contribution in [0.2, 0.25) is 0 Å². The van der Waals surface area contributed by atoms with Gasteiger partial charge in [-0.15, -0.1) is 11.3 Å². The van der Waals surface area contributed by atoms with Crippen molar-refractivity contribution in [2.24, 2.45) is 0 Å². The Bertz CT molecular complexity index is 849. The van der Waals surface area contributed by atoms with Gasteiger partial charge in [-0.05, 0) is 60.9 Å². The van der Waals surface area contributed by atoms with Crippen molar-refractivity contribution < 1.29 is 14.0 Å². The predicted octanol–water partition coefficient (Wildman–Crippen LogP) is 4.79. The minimum atomic E-state index is -0.291. The molecule has 0 unspecified atom stereocenters. The van der Waals surface area contributed by atoms with Crippen LogP contribution < -0.4 is 0 Å². The van der Waals surface area contributed by atoms with E-state index in [1.54, 1.807) is 28.4 Å². The molecule has 0 saturated heterocycles. The standard InChI is InChI=1S/C23H29FN2O2S/c1-4-6-21(27)26(16(3)5-2)15-22(28)25-13-11-20-19(12-14-29-20)23(25)17-7-9-18(24)10-8-17/h7-10,12,14,16,23H,4-6,11,13,15H2,1-3H3/t16-,23+/m1/s1. The van der Waals surface area contributed by atoms with Gasteiger partial charge in [0.25, 0.3) is 0 Å². The Kier molecular flexibility index (Phi) is 7.06. The van der Waals surface area contributed by atoms with Gasteiger partial charge in [0.2, 0.25) is 11.8 Å². The molecule has 2 aromatic rings. The van der Waals surface area contributed by atoms with Crippen LogP contribution >= 0.6 is 11.3 Å². The van der Waals surface area contributed by atoms with Gasteiger partial charge in [-0.25, -0.2) is 4.39 Å². The molecule has 1 aliphatic rings. The number of hydrogen-bond acceptors (Lipinski definition) is 3. The number of thiophene rings is 1. The number of hydrogen-bond donors (Lipinski definition) is 0. The number of carbonyl (C=O) groups is 2. The molecule has 0 spiro atoms. The highest BCUT2D eigenvalue weighted by Gasteiger charge is 2.34. The van der Waals surface area contributed by atoms with Gasteiger partial charge in [-0.2, -0.15) is 0 Å². The van der Waals surface area contributed by atoms with Crippen molar-refractivity contribution in [1.29, 1.82) is 0 Å². The van der Waals surface area contributed by atoms with E-state index in [1.807, 2.05) is 31.1 Å². The molecule has 0 bridgehead atoms. The molecule has 4 nitrogen and oxygen atoms in total. The van der Waals surface area contributed by atoms with Crippen LogP contribution in [0, 0.1) is 5.82 Å². The molecule has 0 N–H and O–H groups in total. The Morgan fingerprint density at radius 2 is 1.97 bits per heavy atom. The fourth-order valence-corrected chi connectivity index (χ4v) is 4.80. The highest BCUT2D eigenvalue weighted by atomic mass is 32.1. The Morgan fingerprint density at radius 3 is 2.62 bits per heavy atom. The van der Waals surface area contributed by atoms with Crippen molar-refractivity contribution in [2.45, 2.75) is 58.5 Å². The average molecular weight is 417 g/mol. The van der Waals surface area contributed by atoms with E-state index in [4.69, 9.17) is 0 Å². The van der Waals surface area contributed by atoms with Gasteiger partial charge in [-0.3, -0.25) is 9.59 Å². The first kappa shape index (κ1) is 21.5. The van der Waals surface area contributed by atoms with E-state index >= 15 is 0 Å². The molecule has 1 aromatic carbocycles. The first-order valence-corrected chi connectivity index (χ1v) is 11.2. The van der Waals surface area contributed by atoms with Crippen LogP contribution in [0.5, 0.6) is 0 Å². The minimum Gasteiger partial charge on any atom is -0.331 e. The van der Waals surface area contributed by atoms with E-state index in [1.165, 1.54) is 17.0 Å². The summed E-state index contributed by atoms with van der Waals surface area (Å²) >= 11 is 1.70. The van der Waals surface area contributed by atoms with Crippen LogP contribution in [-0.4, -0.2) is 40.7 Å². The Hall–Kier alpha value is -2.21. The Labute approximate surface area is 176 Å². The van der Waals surface area contributed by atoms with E-state index in [0.717, 1.165) is 30.4 Å². The topological polar surface area (TPSA) is 40.6 Å². The normalized spacial score (nSPS) is 17.0. The molecule has 0 aliphatic carbocycles. The summed E-state index contributed by atoms with van der Waals surface area (Å²) in [7, 11) is 0. The number of amides is 2. The summed E-state index contributed by atoms with van der Waals surface area (Å²) in [5.41, 5.74) is 2.00. The molecule has 2 amide bonds. The molecule has 3 rings (SSSR count). The van der Waals surface area contributed by atoms with Crippen molar-refractivity contribution in [3.63, 3.8) is 0 Å². The third-order valence-electron chi connectivity index (χ3n) is 5.68. The zero-order valence-corrected chi connectivity index (χ0v) is 18.2. The fourth-order valence-electron chi connectivity index (χ4n) is 3.89. The van der Waals surface area contributed by atoms with Gasteiger partial charge in [0, 0.05) is 23.9 Å². The molecule has 0 saturated carbocycles. The second-order valence-electron chi connectivity index (χ2n) is 7.62. The van der Waals surface area contributed by atoms with Gasteiger partial charge in [0.15, 0.2) is 0 Å². The zero-order valence-electron chi connectivity index (χ0n) is 17.4. The Morgan fingerprint density at radius 1 is 1.24 bits per heavy atom. The van der Waals surface area contributed by atoms with Crippen LogP contribution in [0.25, 0.3) is 0 Å². The van der Waals surface area contributed by atoms with E-state index in [2.05, 4.69) is 6.07 Å². The maximum absolute atomic E-state index is 13.5. The van der Waals surface area contributed by atoms with Crippen LogP contribution in [-0.2, 0) is 16.0 Å². The van der Waals surface area contributed by atoms with Crippen molar-refractivity contribution in [3.8, 4) is 0 Å². The number of carbonyl (C=O) groups excluding carboxylic acids is 2. The molecule has 0 fully saturated rings. The summed E-state index contributed by atoms with van der Waals surface area (Å²) in [4.78, 5) is 30.8. The second kappa shape index (κ2) is 9.53. The van der Waals surface area contributed by atoms with Gasteiger partial charge < -0.3 is 9.80 Å². The number of benzene rings is 1. The lowest BCUT2D eigenvalue weighted by Gasteiger charge is -2.38. The smallest absolute Gasteiger partial charge is 0.243 e. The summed E-state index contributed by atoms with van der Waals surface area (Å²) in [6, 6.07) is 8.22. The Balaban J connectivity index is 1.89. The number of nitrogens with zero attached hydrogens (tertiary/aromatic N) is 2. The van der Waals surface area contributed by atoms with E-state index in [0.29, 0.717) is 13.0 Å². The summed E-state index contributed by atoms with van der Waals surface area (Å²) in [6.45, 7) is 6.68. The molecule has 6 heteroatoms. The SMILES string of the molecule is CCCC(=O)N(CC(=O)N1CCc2sccc2[C@@H]1c1ccc(F)cc1)[C@H](C)CC. The lowest BCUT2D eigenvalue weighted by molar-refractivity contribution is -0.143. The average Bonchev–Trinajstić information content (AvgIpc) is 3.20. The fraction of sp³-hybridized carbons (Fsp3) is 0.478. The molecule has 29 heavy (non-hydrogen) atoms. The monoisotopic (exact) mass is 416 g/mol. The van der Waals surface area contributed by atoms with Crippen molar-refractivity contribution in [3.05, 3.63) is 57.5 Å².